The first-order chi connectivity index (χ1) is 15.7. The molecule has 10 heteroatoms. The van der Waals surface area contributed by atoms with E-state index in [1.54, 1.807) is 0 Å². The molecule has 0 saturated carbocycles. The highest BCUT2D eigenvalue weighted by Gasteiger charge is 2.57. The number of hydrogen-bond donors (Lipinski definition) is 2. The maximum absolute atomic E-state index is 13.7. The summed E-state index contributed by atoms with van der Waals surface area (Å²) in [6.45, 7) is 14.0. The Morgan fingerprint density at radius 1 is 1.03 bits per heavy atom. The standard InChI is InChI=1S/C24H33BN4O5/c1-15(30)27-18-14-26-19(17-12-10-9-11-13-17)29(20(18)32)22(3,4)21(28-16(2)31)25-33-23(5,6)24(7,8)34-25/h9-14,21H,1-8H3,(H,27,30)(H,28,31). The molecule has 3 rings (SSSR count). The maximum Gasteiger partial charge on any atom is 0.484 e. The van der Waals surface area contributed by atoms with Gasteiger partial charge in [0.1, 0.15) is 11.5 Å². The van der Waals surface area contributed by atoms with Crippen LogP contribution in [0.2, 0.25) is 0 Å². The van der Waals surface area contributed by atoms with Gasteiger partial charge >= 0.3 is 7.12 Å². The molecular formula is C24H33BN4O5. The van der Waals surface area contributed by atoms with Crippen LogP contribution in [0.25, 0.3) is 11.4 Å². The van der Waals surface area contributed by atoms with Gasteiger partial charge in [0.05, 0.1) is 28.9 Å². The third-order valence-electron chi connectivity index (χ3n) is 6.54. The summed E-state index contributed by atoms with van der Waals surface area (Å²) in [6.07, 6.45) is 1.35. The van der Waals surface area contributed by atoms with Crippen LogP contribution in [0.3, 0.4) is 0 Å². The summed E-state index contributed by atoms with van der Waals surface area (Å²) < 4.78 is 14.0. The Hall–Kier alpha value is -2.98. The zero-order valence-electron chi connectivity index (χ0n) is 21.1. The van der Waals surface area contributed by atoms with Crippen molar-refractivity contribution in [3.8, 4) is 11.4 Å². The summed E-state index contributed by atoms with van der Waals surface area (Å²) >= 11 is 0. The van der Waals surface area contributed by atoms with E-state index >= 15 is 0 Å². The zero-order chi connectivity index (χ0) is 25.5. The minimum absolute atomic E-state index is 0.0377. The third-order valence-corrected chi connectivity index (χ3v) is 6.54. The predicted molar refractivity (Wildman–Crippen MR) is 131 cm³/mol. The summed E-state index contributed by atoms with van der Waals surface area (Å²) in [5.74, 6) is -1.06. The van der Waals surface area contributed by atoms with E-state index in [0.29, 0.717) is 11.4 Å². The molecule has 1 aromatic carbocycles. The predicted octanol–water partition coefficient (Wildman–Crippen LogP) is 2.74. The Labute approximate surface area is 200 Å². The average Bonchev–Trinajstić information content (AvgIpc) is 2.94. The Bertz CT molecular complexity index is 1130. The van der Waals surface area contributed by atoms with Crippen LogP contribution in [0.5, 0.6) is 0 Å². The summed E-state index contributed by atoms with van der Waals surface area (Å²) in [7, 11) is -0.844. The fourth-order valence-electron chi connectivity index (χ4n) is 4.02. The van der Waals surface area contributed by atoms with E-state index in [1.165, 1.54) is 24.6 Å². The number of carbonyl (C=O) groups is 2. The van der Waals surface area contributed by atoms with E-state index in [0.717, 1.165) is 0 Å². The molecule has 0 radical (unpaired) electrons. The average molecular weight is 468 g/mol. The first-order valence-corrected chi connectivity index (χ1v) is 11.3. The largest absolute Gasteiger partial charge is 0.484 e. The number of aromatic nitrogens is 2. The molecular weight excluding hydrogens is 435 g/mol. The monoisotopic (exact) mass is 468 g/mol. The van der Waals surface area contributed by atoms with Crippen LogP contribution in [-0.4, -0.2) is 45.6 Å². The van der Waals surface area contributed by atoms with Gasteiger partial charge in [-0.15, -0.1) is 0 Å². The molecule has 9 nitrogen and oxygen atoms in total. The number of carbonyl (C=O) groups excluding carboxylic acids is 2. The minimum Gasteiger partial charge on any atom is -0.402 e. The SMILES string of the molecule is CC(=O)Nc1cnc(-c2ccccc2)n(C(C)(C)C(NC(C)=O)B2OC(C)(C)C(C)(C)O2)c1=O. The molecule has 2 heterocycles. The molecule has 2 amide bonds. The van der Waals surface area contributed by atoms with Crippen LogP contribution >= 0.6 is 0 Å². The molecule has 182 valence electrons. The normalized spacial score (nSPS) is 17.8. The Morgan fingerprint density at radius 2 is 1.59 bits per heavy atom. The van der Waals surface area contributed by atoms with Crippen LogP contribution < -0.4 is 16.2 Å². The Kier molecular flexibility index (Phi) is 6.79. The molecule has 0 aliphatic carbocycles. The molecule has 1 unspecified atom stereocenters. The molecule has 1 aliphatic rings. The molecule has 0 spiro atoms. The van der Waals surface area contributed by atoms with Crippen LogP contribution in [0, 0.1) is 0 Å². The van der Waals surface area contributed by atoms with Crippen molar-refractivity contribution in [1.29, 1.82) is 0 Å². The van der Waals surface area contributed by atoms with Crippen LogP contribution in [0.4, 0.5) is 5.69 Å². The summed E-state index contributed by atoms with van der Waals surface area (Å²) in [5.41, 5.74) is -2.09. The van der Waals surface area contributed by atoms with Gasteiger partial charge in [-0.1, -0.05) is 30.3 Å². The lowest BCUT2D eigenvalue weighted by Gasteiger charge is -2.38. The molecule has 1 aromatic heterocycles. The number of anilines is 1. The Morgan fingerprint density at radius 3 is 2.09 bits per heavy atom. The van der Waals surface area contributed by atoms with E-state index in [9.17, 15) is 14.4 Å². The van der Waals surface area contributed by atoms with E-state index < -0.39 is 35.4 Å². The molecule has 2 aromatic rings. The second kappa shape index (κ2) is 9.00. The highest BCUT2D eigenvalue weighted by Crippen LogP contribution is 2.40. The molecule has 2 N–H and O–H groups in total. The van der Waals surface area contributed by atoms with Gasteiger partial charge in [0.25, 0.3) is 5.56 Å². The van der Waals surface area contributed by atoms with Crippen molar-refractivity contribution >= 4 is 24.6 Å². The smallest absolute Gasteiger partial charge is 0.402 e. The van der Waals surface area contributed by atoms with Crippen molar-refractivity contribution in [3.63, 3.8) is 0 Å². The summed E-state index contributed by atoms with van der Waals surface area (Å²) in [6, 6.07) is 9.25. The van der Waals surface area contributed by atoms with Crippen molar-refractivity contribution in [3.05, 3.63) is 46.9 Å². The fraction of sp³-hybridized carbons (Fsp3) is 0.500. The van der Waals surface area contributed by atoms with Crippen LogP contribution in [-0.2, 0) is 24.4 Å². The highest BCUT2D eigenvalue weighted by molar-refractivity contribution is 6.48. The van der Waals surface area contributed by atoms with E-state index in [4.69, 9.17) is 9.31 Å². The zero-order valence-corrected chi connectivity index (χ0v) is 21.1. The van der Waals surface area contributed by atoms with Gasteiger partial charge in [-0.25, -0.2) is 4.98 Å². The lowest BCUT2D eigenvalue weighted by atomic mass is 9.67. The quantitative estimate of drug-likeness (QED) is 0.631. The van der Waals surface area contributed by atoms with Gasteiger partial charge in [-0.3, -0.25) is 19.0 Å². The molecule has 1 saturated heterocycles. The van der Waals surface area contributed by atoms with Gasteiger partial charge in [-0.05, 0) is 41.5 Å². The number of nitrogens with one attached hydrogen (secondary N) is 2. The second-order valence-corrected chi connectivity index (χ2v) is 10.1. The molecule has 0 bridgehead atoms. The first-order valence-electron chi connectivity index (χ1n) is 11.3. The molecule has 1 aliphatic heterocycles. The Balaban J connectivity index is 2.23. The van der Waals surface area contributed by atoms with Crippen LogP contribution in [0.1, 0.15) is 55.4 Å². The number of nitrogens with zero attached hydrogens (tertiary/aromatic N) is 2. The van der Waals surface area contributed by atoms with Gasteiger partial charge < -0.3 is 19.9 Å². The topological polar surface area (TPSA) is 112 Å². The van der Waals surface area contributed by atoms with Crippen molar-refractivity contribution in [1.82, 2.24) is 14.9 Å². The summed E-state index contributed by atoms with van der Waals surface area (Å²) in [5, 5.41) is 5.49. The lowest BCUT2D eigenvalue weighted by Crippen LogP contribution is -2.61. The number of amides is 2. The molecule has 1 fully saturated rings. The van der Waals surface area contributed by atoms with Crippen LogP contribution in [0.15, 0.2) is 41.3 Å². The van der Waals surface area contributed by atoms with E-state index in [2.05, 4.69) is 15.6 Å². The molecule has 1 atom stereocenters. The lowest BCUT2D eigenvalue weighted by molar-refractivity contribution is -0.120. The van der Waals surface area contributed by atoms with Gasteiger partial charge in [0.15, 0.2) is 0 Å². The second-order valence-electron chi connectivity index (χ2n) is 10.1. The maximum atomic E-state index is 13.7. The highest BCUT2D eigenvalue weighted by atomic mass is 16.7. The van der Waals surface area contributed by atoms with Crippen molar-refractivity contribution in [2.45, 2.75) is 78.1 Å². The molecule has 34 heavy (non-hydrogen) atoms. The number of benzene rings is 1. The fourth-order valence-corrected chi connectivity index (χ4v) is 4.02. The van der Waals surface area contributed by atoms with Gasteiger partial charge in [0.2, 0.25) is 11.8 Å². The van der Waals surface area contributed by atoms with Crippen molar-refractivity contribution < 1.29 is 18.9 Å². The number of hydrogen-bond acceptors (Lipinski definition) is 6. The van der Waals surface area contributed by atoms with Crippen molar-refractivity contribution in [2.24, 2.45) is 0 Å². The number of rotatable bonds is 6. The van der Waals surface area contributed by atoms with E-state index in [-0.39, 0.29) is 17.5 Å². The van der Waals surface area contributed by atoms with Gasteiger partial charge in [0, 0.05) is 19.4 Å². The minimum atomic E-state index is -1.09. The van der Waals surface area contributed by atoms with Crippen molar-refractivity contribution in [2.75, 3.05) is 5.32 Å². The third kappa shape index (κ3) is 4.78. The summed E-state index contributed by atoms with van der Waals surface area (Å²) in [4.78, 5) is 42.3. The van der Waals surface area contributed by atoms with Gasteiger partial charge in [-0.2, -0.15) is 0 Å². The first kappa shape index (κ1) is 25.6. The van der Waals surface area contributed by atoms with E-state index in [1.807, 2.05) is 71.9 Å².